The zero-order chi connectivity index (χ0) is 18.0. The van der Waals surface area contributed by atoms with Gasteiger partial charge in [0.1, 0.15) is 5.82 Å². The summed E-state index contributed by atoms with van der Waals surface area (Å²) >= 11 is 0. The predicted octanol–water partition coefficient (Wildman–Crippen LogP) is 0.613. The average molecular weight is 345 g/mol. The molecule has 3 rings (SSSR count). The van der Waals surface area contributed by atoms with Crippen molar-refractivity contribution < 1.29 is 4.79 Å². The Hall–Kier alpha value is -2.84. The summed E-state index contributed by atoms with van der Waals surface area (Å²) in [4.78, 5) is 30.3. The number of nitrogens with one attached hydrogen (secondary N) is 2. The minimum absolute atomic E-state index is 0.00322. The van der Waals surface area contributed by atoms with Crippen molar-refractivity contribution in [1.29, 1.82) is 0 Å². The fourth-order valence-electron chi connectivity index (χ4n) is 3.11. The van der Waals surface area contributed by atoms with E-state index in [1.807, 2.05) is 24.7 Å². The van der Waals surface area contributed by atoms with Crippen molar-refractivity contribution in [2.45, 2.75) is 25.8 Å². The average Bonchev–Trinajstić information content (AvgIpc) is 2.90. The molecule has 1 aliphatic rings. The van der Waals surface area contributed by atoms with E-state index in [0.717, 1.165) is 30.9 Å². The van der Waals surface area contributed by atoms with Crippen LogP contribution in [-0.4, -0.2) is 44.5 Å². The molecular weight excluding hydrogens is 322 g/mol. The molecule has 25 heavy (non-hydrogen) atoms. The number of nitrogens with zero attached hydrogens (tertiary/aromatic N) is 5. The van der Waals surface area contributed by atoms with Gasteiger partial charge in [-0.1, -0.05) is 0 Å². The van der Waals surface area contributed by atoms with Gasteiger partial charge in [-0.25, -0.2) is 9.78 Å². The van der Waals surface area contributed by atoms with Crippen LogP contribution >= 0.6 is 0 Å². The Balaban J connectivity index is 1.62. The third kappa shape index (κ3) is 3.81. The number of carbonyl (C=O) groups excluding carboxylic acids is 1. The number of anilines is 2. The van der Waals surface area contributed by atoms with Crippen LogP contribution in [0.2, 0.25) is 0 Å². The van der Waals surface area contributed by atoms with Crippen molar-refractivity contribution in [3.05, 3.63) is 34.5 Å². The van der Waals surface area contributed by atoms with Crippen molar-refractivity contribution in [3.8, 4) is 0 Å². The Kier molecular flexibility index (Phi) is 4.73. The fraction of sp³-hybridized carbons (Fsp3) is 0.500. The molecule has 0 radical (unpaired) electrons. The molecule has 3 heterocycles. The molecule has 2 aromatic heterocycles. The number of hydrogen-bond donors (Lipinski definition) is 2. The van der Waals surface area contributed by atoms with Crippen LogP contribution in [0.4, 0.5) is 16.4 Å². The van der Waals surface area contributed by atoms with Crippen LogP contribution in [0.1, 0.15) is 18.5 Å². The van der Waals surface area contributed by atoms with E-state index in [4.69, 9.17) is 0 Å². The monoisotopic (exact) mass is 345 g/mol. The number of hydrogen-bond acceptors (Lipinski definition) is 5. The summed E-state index contributed by atoms with van der Waals surface area (Å²) in [5.74, 6) is 1.07. The summed E-state index contributed by atoms with van der Waals surface area (Å²) < 4.78 is 3.23. The number of carbonyl (C=O) groups is 1. The van der Waals surface area contributed by atoms with Crippen molar-refractivity contribution in [1.82, 2.24) is 24.6 Å². The predicted molar refractivity (Wildman–Crippen MR) is 94.8 cm³/mol. The molecule has 2 aromatic rings. The van der Waals surface area contributed by atoms with E-state index in [9.17, 15) is 9.59 Å². The summed E-state index contributed by atoms with van der Waals surface area (Å²) in [7, 11) is 3.53. The van der Waals surface area contributed by atoms with E-state index >= 15 is 0 Å². The van der Waals surface area contributed by atoms with E-state index in [-0.39, 0.29) is 17.4 Å². The van der Waals surface area contributed by atoms with Gasteiger partial charge in [-0.3, -0.25) is 14.8 Å². The second-order valence-electron chi connectivity index (χ2n) is 6.34. The molecular formula is C16H23N7O2. The van der Waals surface area contributed by atoms with Crippen LogP contribution in [0.3, 0.4) is 0 Å². The lowest BCUT2D eigenvalue weighted by Gasteiger charge is -2.34. The van der Waals surface area contributed by atoms with Crippen molar-refractivity contribution in [3.63, 3.8) is 0 Å². The summed E-state index contributed by atoms with van der Waals surface area (Å²) in [6.07, 6.45) is 4.88. The van der Waals surface area contributed by atoms with Crippen molar-refractivity contribution in [2.75, 3.05) is 23.3 Å². The molecule has 9 heteroatoms. The molecule has 0 bridgehead atoms. The van der Waals surface area contributed by atoms with Gasteiger partial charge >= 0.3 is 6.03 Å². The Labute approximate surface area is 145 Å². The van der Waals surface area contributed by atoms with E-state index in [0.29, 0.717) is 6.54 Å². The van der Waals surface area contributed by atoms with E-state index in [1.54, 1.807) is 13.2 Å². The maximum atomic E-state index is 12.2. The van der Waals surface area contributed by atoms with Crippen LogP contribution in [0.25, 0.3) is 0 Å². The van der Waals surface area contributed by atoms with Crippen LogP contribution in [0.5, 0.6) is 0 Å². The number of piperidine rings is 1. The molecule has 0 spiro atoms. The number of urea groups is 1. The smallest absolute Gasteiger partial charge is 0.320 e. The minimum Gasteiger partial charge on any atom is -0.355 e. The van der Waals surface area contributed by atoms with Gasteiger partial charge in [0.05, 0.1) is 5.69 Å². The molecule has 1 saturated heterocycles. The molecule has 134 valence electrons. The topological polar surface area (TPSA) is 97.1 Å². The zero-order valence-electron chi connectivity index (χ0n) is 14.7. The normalized spacial score (nSPS) is 17.4. The maximum Gasteiger partial charge on any atom is 0.320 e. The lowest BCUT2D eigenvalue weighted by atomic mass is 10.1. The highest BCUT2D eigenvalue weighted by molar-refractivity contribution is 5.88. The molecule has 0 aliphatic carbocycles. The first-order valence-corrected chi connectivity index (χ1v) is 8.29. The first kappa shape index (κ1) is 17.0. The largest absolute Gasteiger partial charge is 0.355 e. The van der Waals surface area contributed by atoms with E-state index in [2.05, 4.69) is 25.6 Å². The van der Waals surface area contributed by atoms with Crippen molar-refractivity contribution in [2.24, 2.45) is 14.1 Å². The summed E-state index contributed by atoms with van der Waals surface area (Å²) in [5, 5.41) is 9.84. The quantitative estimate of drug-likeness (QED) is 0.850. The summed E-state index contributed by atoms with van der Waals surface area (Å²) in [5.41, 5.74) is 0.629. The Morgan fingerprint density at radius 2 is 2.16 bits per heavy atom. The lowest BCUT2D eigenvalue weighted by Crippen LogP contribution is -2.49. The molecule has 2 amide bonds. The van der Waals surface area contributed by atoms with Gasteiger partial charge in [-0.15, -0.1) is 0 Å². The molecule has 1 atom stereocenters. The fourth-order valence-corrected chi connectivity index (χ4v) is 3.11. The van der Waals surface area contributed by atoms with Crippen LogP contribution < -0.4 is 21.1 Å². The second kappa shape index (κ2) is 6.96. The zero-order valence-corrected chi connectivity index (χ0v) is 14.7. The molecule has 9 nitrogen and oxygen atoms in total. The molecule has 2 N–H and O–H groups in total. The van der Waals surface area contributed by atoms with Gasteiger partial charge in [-0.05, 0) is 19.8 Å². The van der Waals surface area contributed by atoms with E-state index in [1.165, 1.54) is 10.8 Å². The van der Waals surface area contributed by atoms with Crippen LogP contribution in [0, 0.1) is 6.92 Å². The Bertz CT molecular complexity index is 826. The standard InChI is InChI=1S/C16H23N7O2/c1-11-9-13(22(3)20-11)23-7-4-5-12(10-23)18-16(25)19-14-15(24)21(2)8-6-17-14/h6,8-9,12H,4-5,7,10H2,1-3H3,(H2,17,18,19,25). The van der Waals surface area contributed by atoms with Gasteiger partial charge in [0, 0.05) is 51.7 Å². The second-order valence-corrected chi connectivity index (χ2v) is 6.34. The number of aromatic nitrogens is 4. The molecule has 1 fully saturated rings. The molecule has 0 saturated carbocycles. The highest BCUT2D eigenvalue weighted by Gasteiger charge is 2.24. The first-order valence-electron chi connectivity index (χ1n) is 8.29. The maximum absolute atomic E-state index is 12.2. The Morgan fingerprint density at radius 1 is 1.36 bits per heavy atom. The highest BCUT2D eigenvalue weighted by Crippen LogP contribution is 2.20. The van der Waals surface area contributed by atoms with Crippen molar-refractivity contribution >= 4 is 17.7 Å². The summed E-state index contributed by atoms with van der Waals surface area (Å²) in [6.45, 7) is 3.59. The lowest BCUT2D eigenvalue weighted by molar-refractivity contribution is 0.246. The van der Waals surface area contributed by atoms with Gasteiger partial charge in [-0.2, -0.15) is 5.10 Å². The van der Waals surface area contributed by atoms with Crippen LogP contribution in [-0.2, 0) is 14.1 Å². The third-order valence-corrected chi connectivity index (χ3v) is 4.31. The van der Waals surface area contributed by atoms with Gasteiger partial charge in [0.15, 0.2) is 0 Å². The van der Waals surface area contributed by atoms with Gasteiger partial charge in [0.25, 0.3) is 5.56 Å². The molecule has 0 aromatic carbocycles. The number of rotatable bonds is 3. The van der Waals surface area contributed by atoms with E-state index < -0.39 is 6.03 Å². The Morgan fingerprint density at radius 3 is 2.88 bits per heavy atom. The third-order valence-electron chi connectivity index (χ3n) is 4.31. The van der Waals surface area contributed by atoms with Gasteiger partial charge < -0.3 is 14.8 Å². The number of aryl methyl sites for hydroxylation is 3. The SMILES string of the molecule is Cc1cc(N2CCCC(NC(=O)Nc3nccn(C)c3=O)C2)n(C)n1. The minimum atomic E-state index is -0.413. The number of amides is 2. The first-order chi connectivity index (χ1) is 11.9. The molecule has 1 unspecified atom stereocenters. The highest BCUT2D eigenvalue weighted by atomic mass is 16.2. The summed E-state index contributed by atoms with van der Waals surface area (Å²) in [6, 6.07) is 1.63. The van der Waals surface area contributed by atoms with Crippen LogP contribution in [0.15, 0.2) is 23.3 Å². The van der Waals surface area contributed by atoms with Gasteiger partial charge in [0.2, 0.25) is 5.82 Å². The molecule has 1 aliphatic heterocycles.